The van der Waals surface area contributed by atoms with Gasteiger partial charge in [0.2, 0.25) is 5.91 Å². The van der Waals surface area contributed by atoms with Crippen LogP contribution < -0.4 is 4.74 Å². The summed E-state index contributed by atoms with van der Waals surface area (Å²) >= 11 is 0. The zero-order chi connectivity index (χ0) is 21.3. The molecule has 0 atom stereocenters. The van der Waals surface area contributed by atoms with Crippen molar-refractivity contribution in [2.24, 2.45) is 5.92 Å². The Morgan fingerprint density at radius 2 is 1.57 bits per heavy atom. The predicted octanol–water partition coefficient (Wildman–Crippen LogP) is 3.87. The van der Waals surface area contributed by atoms with Crippen LogP contribution in [0.15, 0.2) is 24.3 Å². The average Bonchev–Trinajstić information content (AvgIpc) is 3.01. The Labute approximate surface area is 178 Å². The number of benzene rings is 1. The lowest BCUT2D eigenvalue weighted by Gasteiger charge is -2.26. The van der Waals surface area contributed by atoms with Crippen LogP contribution in [-0.2, 0) is 9.53 Å². The van der Waals surface area contributed by atoms with Crippen LogP contribution in [0.4, 0.5) is 4.79 Å². The highest BCUT2D eigenvalue weighted by molar-refractivity contribution is 5.94. The molecule has 164 valence electrons. The van der Waals surface area contributed by atoms with Crippen molar-refractivity contribution in [2.75, 3.05) is 32.8 Å². The van der Waals surface area contributed by atoms with Crippen LogP contribution in [0.2, 0.25) is 0 Å². The first-order valence-electron chi connectivity index (χ1n) is 11.1. The average molecular weight is 417 g/mol. The molecule has 0 aromatic heterocycles. The molecule has 1 aromatic carbocycles. The van der Waals surface area contributed by atoms with Crippen LogP contribution in [-0.4, -0.2) is 60.6 Å². The van der Waals surface area contributed by atoms with Crippen molar-refractivity contribution in [1.82, 2.24) is 9.80 Å². The standard InChI is InChI=1S/C23H32N2O5/c1-2-29-23(28)30-20-11-9-19(10-12-20)22(27)25-14-6-13-24(15-16-25)21(26)17-18-7-4-3-5-8-18/h9-12,18H,2-8,13-17H2,1H3. The van der Waals surface area contributed by atoms with Crippen molar-refractivity contribution in [3.63, 3.8) is 0 Å². The van der Waals surface area contributed by atoms with Crippen LogP contribution in [0.5, 0.6) is 5.75 Å². The molecule has 7 nitrogen and oxygen atoms in total. The highest BCUT2D eigenvalue weighted by atomic mass is 16.7. The number of rotatable bonds is 5. The Morgan fingerprint density at radius 3 is 2.27 bits per heavy atom. The fourth-order valence-electron chi connectivity index (χ4n) is 4.23. The Morgan fingerprint density at radius 1 is 0.900 bits per heavy atom. The molecule has 3 rings (SSSR count). The molecule has 0 bridgehead atoms. The van der Waals surface area contributed by atoms with Crippen molar-refractivity contribution in [2.45, 2.75) is 51.9 Å². The number of nitrogens with zero attached hydrogens (tertiary/aromatic N) is 2. The summed E-state index contributed by atoms with van der Waals surface area (Å²) in [5.74, 6) is 1.03. The minimum absolute atomic E-state index is 0.0701. The molecular formula is C23H32N2O5. The third kappa shape index (κ3) is 6.21. The Balaban J connectivity index is 1.51. The maximum absolute atomic E-state index is 12.9. The molecule has 0 unspecified atom stereocenters. The maximum atomic E-state index is 12.9. The van der Waals surface area contributed by atoms with Gasteiger partial charge in [-0.1, -0.05) is 19.3 Å². The van der Waals surface area contributed by atoms with Gasteiger partial charge in [-0.25, -0.2) is 4.79 Å². The third-order valence-corrected chi connectivity index (χ3v) is 5.89. The zero-order valence-electron chi connectivity index (χ0n) is 17.8. The lowest BCUT2D eigenvalue weighted by molar-refractivity contribution is -0.132. The van der Waals surface area contributed by atoms with Gasteiger partial charge in [0.1, 0.15) is 5.75 Å². The fraction of sp³-hybridized carbons (Fsp3) is 0.609. The molecule has 2 amide bonds. The second kappa shape index (κ2) is 11.0. The van der Waals surface area contributed by atoms with Crippen molar-refractivity contribution in [3.05, 3.63) is 29.8 Å². The van der Waals surface area contributed by atoms with Crippen LogP contribution in [0.25, 0.3) is 0 Å². The molecule has 2 aliphatic rings. The van der Waals surface area contributed by atoms with E-state index in [0.717, 1.165) is 6.42 Å². The van der Waals surface area contributed by atoms with Gasteiger partial charge in [-0.3, -0.25) is 9.59 Å². The lowest BCUT2D eigenvalue weighted by Crippen LogP contribution is -2.38. The number of hydrogen-bond acceptors (Lipinski definition) is 5. The van der Waals surface area contributed by atoms with E-state index in [1.165, 1.54) is 32.1 Å². The summed E-state index contributed by atoms with van der Waals surface area (Å²) in [6.07, 6.45) is 6.78. The van der Waals surface area contributed by atoms with Crippen LogP contribution >= 0.6 is 0 Å². The first-order valence-corrected chi connectivity index (χ1v) is 11.1. The van der Waals surface area contributed by atoms with Crippen molar-refractivity contribution < 1.29 is 23.9 Å². The molecule has 30 heavy (non-hydrogen) atoms. The van der Waals surface area contributed by atoms with E-state index in [-0.39, 0.29) is 18.4 Å². The van der Waals surface area contributed by atoms with Gasteiger partial charge in [-0.05, 0) is 56.4 Å². The highest BCUT2D eigenvalue weighted by Gasteiger charge is 2.25. The zero-order valence-corrected chi connectivity index (χ0v) is 17.8. The van der Waals surface area contributed by atoms with E-state index in [9.17, 15) is 14.4 Å². The normalized spacial score (nSPS) is 17.9. The number of carbonyl (C=O) groups is 3. The largest absolute Gasteiger partial charge is 0.513 e. The molecular weight excluding hydrogens is 384 g/mol. The monoisotopic (exact) mass is 416 g/mol. The smallest absolute Gasteiger partial charge is 0.434 e. The topological polar surface area (TPSA) is 76.2 Å². The van der Waals surface area contributed by atoms with E-state index in [4.69, 9.17) is 9.47 Å². The molecule has 7 heteroatoms. The first kappa shape index (κ1) is 22.1. The highest BCUT2D eigenvalue weighted by Crippen LogP contribution is 2.27. The molecule has 2 fully saturated rings. The van der Waals surface area contributed by atoms with Gasteiger partial charge >= 0.3 is 6.16 Å². The number of ether oxygens (including phenoxy) is 2. The number of carbonyl (C=O) groups excluding carboxylic acids is 3. The fourth-order valence-corrected chi connectivity index (χ4v) is 4.23. The molecule has 1 aromatic rings. The number of hydrogen-bond donors (Lipinski definition) is 0. The summed E-state index contributed by atoms with van der Waals surface area (Å²) in [5, 5.41) is 0. The van der Waals surface area contributed by atoms with Crippen molar-refractivity contribution in [3.8, 4) is 5.75 Å². The third-order valence-electron chi connectivity index (χ3n) is 5.89. The molecule has 0 spiro atoms. The van der Waals surface area contributed by atoms with Crippen molar-refractivity contribution >= 4 is 18.0 Å². The van der Waals surface area contributed by atoms with E-state index >= 15 is 0 Å². The molecule has 1 aliphatic heterocycles. The van der Waals surface area contributed by atoms with Crippen LogP contribution in [0.1, 0.15) is 62.2 Å². The Hall–Kier alpha value is -2.57. The predicted molar refractivity (Wildman–Crippen MR) is 112 cm³/mol. The quantitative estimate of drug-likeness (QED) is 0.538. The Bertz CT molecular complexity index is 728. The van der Waals surface area contributed by atoms with Gasteiger partial charge in [-0.2, -0.15) is 0 Å². The lowest BCUT2D eigenvalue weighted by atomic mass is 9.86. The van der Waals surface area contributed by atoms with E-state index in [1.54, 1.807) is 36.1 Å². The van der Waals surface area contributed by atoms with E-state index < -0.39 is 6.16 Å². The second-order valence-electron chi connectivity index (χ2n) is 8.04. The van der Waals surface area contributed by atoms with Gasteiger partial charge in [0, 0.05) is 38.2 Å². The molecule has 1 aliphatic carbocycles. The van der Waals surface area contributed by atoms with Crippen LogP contribution in [0, 0.1) is 5.92 Å². The van der Waals surface area contributed by atoms with E-state index in [2.05, 4.69) is 0 Å². The van der Waals surface area contributed by atoms with E-state index in [0.29, 0.717) is 49.8 Å². The summed E-state index contributed by atoms with van der Waals surface area (Å²) < 4.78 is 9.77. The van der Waals surface area contributed by atoms with Gasteiger partial charge in [0.15, 0.2) is 0 Å². The maximum Gasteiger partial charge on any atom is 0.513 e. The second-order valence-corrected chi connectivity index (χ2v) is 8.04. The minimum Gasteiger partial charge on any atom is -0.434 e. The summed E-state index contributed by atoms with van der Waals surface area (Å²) in [6, 6.07) is 6.46. The summed E-state index contributed by atoms with van der Waals surface area (Å²) in [6.45, 7) is 4.41. The minimum atomic E-state index is -0.762. The van der Waals surface area contributed by atoms with Gasteiger partial charge in [0.25, 0.3) is 5.91 Å². The van der Waals surface area contributed by atoms with Gasteiger partial charge in [0.05, 0.1) is 6.61 Å². The molecule has 0 radical (unpaired) electrons. The van der Waals surface area contributed by atoms with Gasteiger partial charge < -0.3 is 19.3 Å². The molecule has 1 saturated carbocycles. The first-order chi connectivity index (χ1) is 14.6. The van der Waals surface area contributed by atoms with Crippen LogP contribution in [0.3, 0.4) is 0 Å². The van der Waals surface area contributed by atoms with Crippen molar-refractivity contribution in [1.29, 1.82) is 0 Å². The molecule has 0 N–H and O–H groups in total. The molecule has 1 heterocycles. The Kier molecular flexibility index (Phi) is 8.11. The summed E-state index contributed by atoms with van der Waals surface area (Å²) in [7, 11) is 0. The summed E-state index contributed by atoms with van der Waals surface area (Å²) in [4.78, 5) is 40.7. The SMILES string of the molecule is CCOC(=O)Oc1ccc(C(=O)N2CCCN(C(=O)CC3CCCCC3)CC2)cc1. The van der Waals surface area contributed by atoms with E-state index in [1.807, 2.05) is 4.90 Å². The molecule has 1 saturated heterocycles. The summed E-state index contributed by atoms with van der Waals surface area (Å²) in [5.41, 5.74) is 0.535. The number of amides is 2. The van der Waals surface area contributed by atoms with Gasteiger partial charge in [-0.15, -0.1) is 0 Å².